The molecule has 0 atom stereocenters. The van der Waals surface area contributed by atoms with Crippen LogP contribution in [0.5, 0.6) is 5.88 Å². The molecule has 1 saturated heterocycles. The van der Waals surface area contributed by atoms with Crippen LogP contribution in [-0.2, 0) is 9.47 Å². The van der Waals surface area contributed by atoms with Crippen LogP contribution in [0.4, 0.5) is 0 Å². The lowest BCUT2D eigenvalue weighted by molar-refractivity contribution is -0.144. The largest absolute Gasteiger partial charge is 0.469 e. The molecule has 0 spiro atoms. The Morgan fingerprint density at radius 3 is 3.00 bits per heavy atom. The molecule has 0 aromatic carbocycles. The molecule has 2 heterocycles. The zero-order valence-electron chi connectivity index (χ0n) is 8.05. The zero-order chi connectivity index (χ0) is 10.5. The number of aromatic nitrogens is 1. The average molecular weight is 206 g/mol. The quantitative estimate of drug-likeness (QED) is 0.712. The average Bonchev–Trinajstić information content (AvgIpc) is 2.31. The molecule has 1 aliphatic heterocycles. The van der Waals surface area contributed by atoms with Gasteiger partial charge < -0.3 is 14.2 Å². The first kappa shape index (κ1) is 9.90. The van der Waals surface area contributed by atoms with Gasteiger partial charge in [0.25, 0.3) is 0 Å². The molecule has 78 valence electrons. The minimum atomic E-state index is -0.153. The van der Waals surface area contributed by atoms with Gasteiger partial charge in [-0.3, -0.25) is 0 Å². The predicted octanol–water partition coefficient (Wildman–Crippen LogP) is 0.705. The van der Waals surface area contributed by atoms with Crippen LogP contribution in [0.3, 0.4) is 0 Å². The Labute approximate surface area is 87.2 Å². The van der Waals surface area contributed by atoms with Crippen molar-refractivity contribution in [1.82, 2.24) is 4.98 Å². The van der Waals surface area contributed by atoms with Crippen LogP contribution >= 0.6 is 0 Å². The fraction of sp³-hybridized carbons (Fsp3) is 0.400. The second-order valence-electron chi connectivity index (χ2n) is 3.09. The minimum Gasteiger partial charge on any atom is -0.469 e. The summed E-state index contributed by atoms with van der Waals surface area (Å²) in [6, 6.07) is 5.24. The first-order valence-electron chi connectivity index (χ1n) is 4.57. The molecule has 15 heavy (non-hydrogen) atoms. The van der Waals surface area contributed by atoms with E-state index < -0.39 is 0 Å². The summed E-state index contributed by atoms with van der Waals surface area (Å²) in [5.74, 6) is 0.424. The molecular weight excluding hydrogens is 196 g/mol. The first-order chi connectivity index (χ1) is 7.38. The molecule has 1 aromatic rings. The summed E-state index contributed by atoms with van der Waals surface area (Å²) in [5.41, 5.74) is 0.526. The van der Waals surface area contributed by atoms with Crippen molar-refractivity contribution in [2.24, 2.45) is 0 Å². The summed E-state index contributed by atoms with van der Waals surface area (Å²) in [4.78, 5) is 4.00. The minimum absolute atomic E-state index is 0.153. The molecule has 5 nitrogen and oxygen atoms in total. The number of hydrogen-bond donors (Lipinski definition) is 0. The van der Waals surface area contributed by atoms with Gasteiger partial charge in [0.1, 0.15) is 12.9 Å². The molecule has 1 fully saturated rings. The second kappa shape index (κ2) is 4.73. The van der Waals surface area contributed by atoms with E-state index in [4.69, 9.17) is 19.5 Å². The third-order valence-corrected chi connectivity index (χ3v) is 1.93. The zero-order valence-corrected chi connectivity index (χ0v) is 8.05. The van der Waals surface area contributed by atoms with E-state index >= 15 is 0 Å². The topological polar surface area (TPSA) is 64.4 Å². The van der Waals surface area contributed by atoms with Crippen LogP contribution in [0, 0.1) is 11.3 Å². The third-order valence-electron chi connectivity index (χ3n) is 1.93. The summed E-state index contributed by atoms with van der Waals surface area (Å²) in [6.45, 7) is 1.28. The van der Waals surface area contributed by atoms with Gasteiger partial charge in [-0.2, -0.15) is 5.26 Å². The van der Waals surface area contributed by atoms with Crippen LogP contribution in [0.15, 0.2) is 18.3 Å². The van der Waals surface area contributed by atoms with Crippen molar-refractivity contribution >= 4 is 0 Å². The molecule has 0 amide bonds. The number of pyridine rings is 1. The maximum absolute atomic E-state index is 8.69. The van der Waals surface area contributed by atoms with E-state index in [2.05, 4.69) is 4.98 Å². The monoisotopic (exact) mass is 206 g/mol. The predicted molar refractivity (Wildman–Crippen MR) is 50.1 cm³/mol. The summed E-state index contributed by atoms with van der Waals surface area (Å²) in [6.07, 6.45) is 1.39. The summed E-state index contributed by atoms with van der Waals surface area (Å²) < 4.78 is 15.6. The lowest BCUT2D eigenvalue weighted by Gasteiger charge is -2.22. The molecule has 2 rings (SSSR count). The number of nitrogens with zero attached hydrogens (tertiary/aromatic N) is 2. The second-order valence-corrected chi connectivity index (χ2v) is 3.09. The molecule has 0 bridgehead atoms. The van der Waals surface area contributed by atoms with Crippen LogP contribution in [0.2, 0.25) is 0 Å². The summed E-state index contributed by atoms with van der Waals surface area (Å²) >= 11 is 0. The van der Waals surface area contributed by atoms with Crippen LogP contribution < -0.4 is 4.74 Å². The van der Waals surface area contributed by atoms with Crippen LogP contribution in [0.1, 0.15) is 5.56 Å². The lowest BCUT2D eigenvalue weighted by atomic mass is 10.3. The highest BCUT2D eigenvalue weighted by atomic mass is 16.7. The van der Waals surface area contributed by atoms with Gasteiger partial charge in [-0.1, -0.05) is 0 Å². The van der Waals surface area contributed by atoms with E-state index in [0.717, 1.165) is 0 Å². The molecule has 0 aliphatic carbocycles. The SMILES string of the molecule is N#Cc1ccnc(OC2COCOC2)c1. The number of nitriles is 1. The van der Waals surface area contributed by atoms with Gasteiger partial charge in [0.2, 0.25) is 5.88 Å². The Bertz CT molecular complexity index is 369. The number of rotatable bonds is 2. The van der Waals surface area contributed by atoms with Gasteiger partial charge in [-0.25, -0.2) is 4.98 Å². The van der Waals surface area contributed by atoms with Crippen LogP contribution in [0.25, 0.3) is 0 Å². The maximum Gasteiger partial charge on any atom is 0.214 e. The van der Waals surface area contributed by atoms with Crippen molar-refractivity contribution in [2.75, 3.05) is 20.0 Å². The highest BCUT2D eigenvalue weighted by Gasteiger charge is 2.16. The van der Waals surface area contributed by atoms with Gasteiger partial charge >= 0.3 is 0 Å². The standard InChI is InChI=1S/C10H10N2O3/c11-4-8-1-2-12-10(3-8)15-9-5-13-7-14-6-9/h1-3,9H,5-7H2. The van der Waals surface area contributed by atoms with Gasteiger partial charge in [0.15, 0.2) is 0 Å². The van der Waals surface area contributed by atoms with Crippen molar-refractivity contribution in [2.45, 2.75) is 6.10 Å². The maximum atomic E-state index is 8.69. The molecule has 0 unspecified atom stereocenters. The summed E-state index contributed by atoms with van der Waals surface area (Å²) in [7, 11) is 0. The van der Waals surface area contributed by atoms with Crippen molar-refractivity contribution in [3.63, 3.8) is 0 Å². The Kier molecular flexibility index (Phi) is 3.12. The van der Waals surface area contributed by atoms with E-state index in [-0.39, 0.29) is 6.10 Å². The summed E-state index contributed by atoms with van der Waals surface area (Å²) in [5, 5.41) is 8.69. The molecule has 1 aliphatic rings. The molecule has 0 N–H and O–H groups in total. The van der Waals surface area contributed by atoms with E-state index in [1.54, 1.807) is 18.3 Å². The molecule has 0 saturated carbocycles. The Hall–Kier alpha value is -1.64. The molecular formula is C10H10N2O3. The Morgan fingerprint density at radius 1 is 1.47 bits per heavy atom. The first-order valence-corrected chi connectivity index (χ1v) is 4.57. The Balaban J connectivity index is 2.00. The van der Waals surface area contributed by atoms with Crippen molar-refractivity contribution in [3.8, 4) is 11.9 Å². The van der Waals surface area contributed by atoms with E-state index in [1.807, 2.05) is 6.07 Å². The normalized spacial score (nSPS) is 17.0. The van der Waals surface area contributed by atoms with E-state index in [1.165, 1.54) is 0 Å². The van der Waals surface area contributed by atoms with Gasteiger partial charge in [0, 0.05) is 12.3 Å². The third kappa shape index (κ3) is 2.65. The highest BCUT2D eigenvalue weighted by Crippen LogP contribution is 2.12. The van der Waals surface area contributed by atoms with Gasteiger partial charge in [0.05, 0.1) is 24.8 Å². The smallest absolute Gasteiger partial charge is 0.214 e. The van der Waals surface area contributed by atoms with Crippen molar-refractivity contribution in [3.05, 3.63) is 23.9 Å². The van der Waals surface area contributed by atoms with Gasteiger partial charge in [-0.15, -0.1) is 0 Å². The van der Waals surface area contributed by atoms with Gasteiger partial charge in [-0.05, 0) is 6.07 Å². The fourth-order valence-corrected chi connectivity index (χ4v) is 1.25. The van der Waals surface area contributed by atoms with Crippen molar-refractivity contribution in [1.29, 1.82) is 5.26 Å². The highest BCUT2D eigenvalue weighted by molar-refractivity contribution is 5.31. The number of hydrogen-bond acceptors (Lipinski definition) is 5. The van der Waals surface area contributed by atoms with Crippen molar-refractivity contribution < 1.29 is 14.2 Å². The van der Waals surface area contributed by atoms with Crippen LogP contribution in [-0.4, -0.2) is 31.1 Å². The van der Waals surface area contributed by atoms with E-state index in [0.29, 0.717) is 31.5 Å². The Morgan fingerprint density at radius 2 is 2.27 bits per heavy atom. The lowest BCUT2D eigenvalue weighted by Crippen LogP contribution is -2.34. The molecule has 5 heteroatoms. The molecule has 0 radical (unpaired) electrons. The van der Waals surface area contributed by atoms with E-state index in [9.17, 15) is 0 Å². The molecule has 1 aromatic heterocycles. The fourth-order valence-electron chi connectivity index (χ4n) is 1.25. The number of ether oxygens (including phenoxy) is 3.